The van der Waals surface area contributed by atoms with E-state index in [1.807, 2.05) is 48.9 Å². The fraction of sp³-hybridized carbons (Fsp3) is 0.333. The number of carbonyl (C=O) groups is 2. The summed E-state index contributed by atoms with van der Waals surface area (Å²) in [5.41, 5.74) is 6.88. The van der Waals surface area contributed by atoms with Gasteiger partial charge in [0.15, 0.2) is 0 Å². The molecule has 7 heteroatoms. The van der Waals surface area contributed by atoms with Gasteiger partial charge in [-0.25, -0.2) is 10.1 Å². The third kappa shape index (κ3) is 3.76. The highest BCUT2D eigenvalue weighted by atomic mass is 16.2. The Labute approximate surface area is 146 Å². The van der Waals surface area contributed by atoms with E-state index in [2.05, 4.69) is 20.9 Å². The standard InChI is InChI=1S/C18H21N5O2/c1-12-15(13(2)23(22-12)14-6-4-3-5-7-14)10-11-19-18(25)16-8-9-17(24)21-20-16/h3-7H,8-11H2,1-2H3,(H,19,25)(H,21,24). The van der Waals surface area contributed by atoms with Crippen LogP contribution in [0.2, 0.25) is 0 Å². The normalized spacial score (nSPS) is 14.0. The number of hydrogen-bond acceptors (Lipinski definition) is 4. The van der Waals surface area contributed by atoms with Crippen molar-refractivity contribution in [2.24, 2.45) is 5.10 Å². The number of aryl methyl sites for hydroxylation is 1. The summed E-state index contributed by atoms with van der Waals surface area (Å²) in [6.07, 6.45) is 1.37. The molecule has 2 amide bonds. The smallest absolute Gasteiger partial charge is 0.267 e. The van der Waals surface area contributed by atoms with Crippen molar-refractivity contribution in [1.82, 2.24) is 20.5 Å². The second kappa shape index (κ2) is 7.29. The highest BCUT2D eigenvalue weighted by Gasteiger charge is 2.18. The van der Waals surface area contributed by atoms with Crippen molar-refractivity contribution in [3.05, 3.63) is 47.3 Å². The lowest BCUT2D eigenvalue weighted by Crippen LogP contribution is -2.37. The summed E-state index contributed by atoms with van der Waals surface area (Å²) in [7, 11) is 0. The highest BCUT2D eigenvalue weighted by molar-refractivity contribution is 6.39. The number of aromatic nitrogens is 2. The number of hydrogen-bond donors (Lipinski definition) is 2. The van der Waals surface area contributed by atoms with Gasteiger partial charge in [-0.15, -0.1) is 0 Å². The van der Waals surface area contributed by atoms with E-state index in [1.165, 1.54) is 0 Å². The first-order chi connectivity index (χ1) is 12.1. The molecule has 1 aliphatic heterocycles. The van der Waals surface area contributed by atoms with E-state index in [-0.39, 0.29) is 11.8 Å². The minimum Gasteiger partial charge on any atom is -0.351 e. The maximum absolute atomic E-state index is 12.1. The Bertz CT molecular complexity index is 823. The first kappa shape index (κ1) is 16.9. The molecule has 2 heterocycles. The first-order valence-corrected chi connectivity index (χ1v) is 8.30. The zero-order chi connectivity index (χ0) is 17.8. The molecule has 0 radical (unpaired) electrons. The number of hydrazone groups is 1. The van der Waals surface area contributed by atoms with Gasteiger partial charge in [-0.05, 0) is 38.0 Å². The molecule has 0 bridgehead atoms. The molecule has 0 saturated carbocycles. The first-order valence-electron chi connectivity index (χ1n) is 8.30. The molecule has 3 rings (SSSR count). The molecule has 0 unspecified atom stereocenters. The van der Waals surface area contributed by atoms with Crippen molar-refractivity contribution in [1.29, 1.82) is 0 Å². The molecule has 25 heavy (non-hydrogen) atoms. The third-order valence-electron chi connectivity index (χ3n) is 4.27. The summed E-state index contributed by atoms with van der Waals surface area (Å²) >= 11 is 0. The summed E-state index contributed by atoms with van der Waals surface area (Å²) in [4.78, 5) is 23.1. The van der Waals surface area contributed by atoms with E-state index >= 15 is 0 Å². The van der Waals surface area contributed by atoms with Gasteiger partial charge in [-0.1, -0.05) is 18.2 Å². The van der Waals surface area contributed by atoms with Crippen LogP contribution in [0.3, 0.4) is 0 Å². The van der Waals surface area contributed by atoms with Gasteiger partial charge in [0.25, 0.3) is 5.91 Å². The molecule has 1 aromatic carbocycles. The number of amides is 2. The largest absolute Gasteiger partial charge is 0.351 e. The van der Waals surface area contributed by atoms with Crippen LogP contribution in [-0.4, -0.2) is 33.9 Å². The molecule has 1 aliphatic rings. The van der Waals surface area contributed by atoms with Crippen molar-refractivity contribution < 1.29 is 9.59 Å². The maximum Gasteiger partial charge on any atom is 0.267 e. The lowest BCUT2D eigenvalue weighted by atomic mass is 10.1. The topological polar surface area (TPSA) is 88.4 Å². The molecule has 0 fully saturated rings. The second-order valence-corrected chi connectivity index (χ2v) is 6.00. The third-order valence-corrected chi connectivity index (χ3v) is 4.27. The minimum atomic E-state index is -0.231. The van der Waals surface area contributed by atoms with Gasteiger partial charge in [0, 0.05) is 25.1 Å². The summed E-state index contributed by atoms with van der Waals surface area (Å²) < 4.78 is 1.92. The highest BCUT2D eigenvalue weighted by Crippen LogP contribution is 2.18. The number of carbonyl (C=O) groups excluding carboxylic acids is 2. The van der Waals surface area contributed by atoms with E-state index < -0.39 is 0 Å². The molecule has 130 valence electrons. The van der Waals surface area contributed by atoms with E-state index in [9.17, 15) is 9.59 Å². The molecule has 2 aromatic rings. The lowest BCUT2D eigenvalue weighted by molar-refractivity contribution is -0.121. The predicted molar refractivity (Wildman–Crippen MR) is 94.6 cm³/mol. The maximum atomic E-state index is 12.1. The van der Waals surface area contributed by atoms with Crippen LogP contribution in [0, 0.1) is 13.8 Å². The number of benzene rings is 1. The summed E-state index contributed by atoms with van der Waals surface area (Å²) in [6.45, 7) is 4.50. The van der Waals surface area contributed by atoms with Crippen LogP contribution in [-0.2, 0) is 16.0 Å². The molecule has 0 saturated heterocycles. The van der Waals surface area contributed by atoms with Crippen molar-refractivity contribution in [2.75, 3.05) is 6.54 Å². The van der Waals surface area contributed by atoms with Gasteiger partial charge in [0.2, 0.25) is 5.91 Å². The Balaban J connectivity index is 1.63. The van der Waals surface area contributed by atoms with Gasteiger partial charge in [0.05, 0.1) is 11.4 Å². The van der Waals surface area contributed by atoms with Gasteiger partial charge >= 0.3 is 0 Å². The van der Waals surface area contributed by atoms with Crippen molar-refractivity contribution in [2.45, 2.75) is 33.1 Å². The number of para-hydroxylation sites is 1. The van der Waals surface area contributed by atoms with Crippen LogP contribution in [0.1, 0.15) is 29.8 Å². The monoisotopic (exact) mass is 339 g/mol. The van der Waals surface area contributed by atoms with Gasteiger partial charge in [-0.2, -0.15) is 10.2 Å². The Kier molecular flexibility index (Phi) is 4.92. The molecule has 1 aromatic heterocycles. The van der Waals surface area contributed by atoms with Crippen LogP contribution in [0.4, 0.5) is 0 Å². The number of nitrogens with zero attached hydrogens (tertiary/aromatic N) is 3. The van der Waals surface area contributed by atoms with Crippen molar-refractivity contribution in [3.63, 3.8) is 0 Å². The van der Waals surface area contributed by atoms with Gasteiger partial charge < -0.3 is 5.32 Å². The molecule has 0 atom stereocenters. The van der Waals surface area contributed by atoms with Gasteiger partial charge in [-0.3, -0.25) is 9.59 Å². The van der Waals surface area contributed by atoms with Crippen LogP contribution >= 0.6 is 0 Å². The molecule has 0 spiro atoms. The Morgan fingerprint density at radius 3 is 2.68 bits per heavy atom. The molecule has 2 N–H and O–H groups in total. The van der Waals surface area contributed by atoms with E-state index in [0.717, 1.165) is 22.6 Å². The average molecular weight is 339 g/mol. The molecular weight excluding hydrogens is 318 g/mol. The summed E-state index contributed by atoms with van der Waals surface area (Å²) in [5.74, 6) is -0.387. The summed E-state index contributed by atoms with van der Waals surface area (Å²) in [6, 6.07) is 9.97. The van der Waals surface area contributed by atoms with Gasteiger partial charge in [0.1, 0.15) is 5.71 Å². The summed E-state index contributed by atoms with van der Waals surface area (Å²) in [5, 5.41) is 11.3. The second-order valence-electron chi connectivity index (χ2n) is 6.00. The zero-order valence-corrected chi connectivity index (χ0v) is 14.4. The fourth-order valence-corrected chi connectivity index (χ4v) is 2.90. The van der Waals surface area contributed by atoms with E-state index in [1.54, 1.807) is 0 Å². The quantitative estimate of drug-likeness (QED) is 0.863. The fourth-order valence-electron chi connectivity index (χ4n) is 2.90. The van der Waals surface area contributed by atoms with Crippen molar-refractivity contribution >= 4 is 17.5 Å². The molecule has 0 aliphatic carbocycles. The molecule has 7 nitrogen and oxygen atoms in total. The lowest BCUT2D eigenvalue weighted by Gasteiger charge is -2.12. The van der Waals surface area contributed by atoms with Crippen molar-refractivity contribution in [3.8, 4) is 5.69 Å². The van der Waals surface area contributed by atoms with Crippen LogP contribution in [0.5, 0.6) is 0 Å². The minimum absolute atomic E-state index is 0.156. The molecular formula is C18H21N5O2. The number of rotatable bonds is 5. The number of nitrogens with one attached hydrogen (secondary N) is 2. The Hall–Kier alpha value is -2.96. The predicted octanol–water partition coefficient (Wildman–Crippen LogP) is 1.41. The van der Waals surface area contributed by atoms with E-state index in [4.69, 9.17) is 0 Å². The SMILES string of the molecule is Cc1nn(-c2ccccc2)c(C)c1CCNC(=O)C1=NNC(=O)CC1. The van der Waals surface area contributed by atoms with Crippen LogP contribution in [0.25, 0.3) is 5.69 Å². The van der Waals surface area contributed by atoms with E-state index in [0.29, 0.717) is 31.5 Å². The van der Waals surface area contributed by atoms with Crippen LogP contribution in [0.15, 0.2) is 35.4 Å². The Morgan fingerprint density at radius 2 is 2.00 bits per heavy atom. The zero-order valence-electron chi connectivity index (χ0n) is 14.4. The van der Waals surface area contributed by atoms with Crippen LogP contribution < -0.4 is 10.7 Å². The Morgan fingerprint density at radius 1 is 1.24 bits per heavy atom. The average Bonchev–Trinajstić information content (AvgIpc) is 2.91.